The zero-order valence-electron chi connectivity index (χ0n) is 11.5. The lowest BCUT2D eigenvalue weighted by atomic mass is 10.1. The smallest absolute Gasteiger partial charge is 0.223 e. The number of benzene rings is 1. The van der Waals surface area contributed by atoms with Crippen LogP contribution in [-0.2, 0) is 4.74 Å². The molecule has 1 atom stereocenters. The van der Waals surface area contributed by atoms with Gasteiger partial charge in [0.25, 0.3) is 0 Å². The van der Waals surface area contributed by atoms with Crippen LogP contribution in [0.4, 0.5) is 5.69 Å². The molecule has 1 N–H and O–H groups in total. The lowest BCUT2D eigenvalue weighted by Crippen LogP contribution is -2.23. The van der Waals surface area contributed by atoms with Gasteiger partial charge in [0.15, 0.2) is 0 Å². The van der Waals surface area contributed by atoms with Crippen LogP contribution in [0.1, 0.15) is 19.2 Å². The highest BCUT2D eigenvalue weighted by atomic mass is 16.5. The Balaban J connectivity index is 2.15. The normalized spacial score (nSPS) is 12.4. The third-order valence-corrected chi connectivity index (χ3v) is 2.88. The van der Waals surface area contributed by atoms with Gasteiger partial charge >= 0.3 is 0 Å². The van der Waals surface area contributed by atoms with Crippen LogP contribution >= 0.6 is 0 Å². The van der Waals surface area contributed by atoms with Crippen molar-refractivity contribution in [3.05, 3.63) is 30.2 Å². The maximum absolute atomic E-state index is 5.18. The molecule has 1 heterocycles. The van der Waals surface area contributed by atoms with E-state index in [9.17, 15) is 0 Å². The standard InChI is InChI=1S/C14H19N3O2/c1-4-12(9-18-3)16-13-7-5-6-11(8-13)14-15-10(2)19-17-14/h5-8,12,16H,4,9H2,1-3H3/t12-/m0/s1. The highest BCUT2D eigenvalue weighted by molar-refractivity contribution is 5.62. The van der Waals surface area contributed by atoms with Crippen molar-refractivity contribution in [1.29, 1.82) is 0 Å². The van der Waals surface area contributed by atoms with Gasteiger partial charge in [0.05, 0.1) is 6.61 Å². The summed E-state index contributed by atoms with van der Waals surface area (Å²) in [7, 11) is 1.71. The fraction of sp³-hybridized carbons (Fsp3) is 0.429. The maximum Gasteiger partial charge on any atom is 0.223 e. The van der Waals surface area contributed by atoms with Crippen molar-refractivity contribution in [2.24, 2.45) is 0 Å². The van der Waals surface area contributed by atoms with Crippen LogP contribution in [0.5, 0.6) is 0 Å². The van der Waals surface area contributed by atoms with Gasteiger partial charge < -0.3 is 14.6 Å². The number of hydrogen-bond donors (Lipinski definition) is 1. The van der Waals surface area contributed by atoms with Gasteiger partial charge in [0, 0.05) is 31.3 Å². The van der Waals surface area contributed by atoms with Crippen LogP contribution < -0.4 is 5.32 Å². The minimum atomic E-state index is 0.298. The molecule has 0 aliphatic heterocycles. The number of methoxy groups -OCH3 is 1. The van der Waals surface area contributed by atoms with Gasteiger partial charge in [-0.1, -0.05) is 24.2 Å². The lowest BCUT2D eigenvalue weighted by Gasteiger charge is -2.17. The van der Waals surface area contributed by atoms with E-state index in [1.165, 1.54) is 0 Å². The zero-order valence-corrected chi connectivity index (χ0v) is 11.5. The summed E-state index contributed by atoms with van der Waals surface area (Å²) in [6.45, 7) is 4.59. The summed E-state index contributed by atoms with van der Waals surface area (Å²) in [5.41, 5.74) is 1.97. The van der Waals surface area contributed by atoms with Gasteiger partial charge in [0.1, 0.15) is 0 Å². The molecule has 0 aliphatic carbocycles. The fourth-order valence-corrected chi connectivity index (χ4v) is 1.86. The first-order valence-corrected chi connectivity index (χ1v) is 6.39. The van der Waals surface area contributed by atoms with E-state index in [2.05, 4.69) is 22.4 Å². The van der Waals surface area contributed by atoms with E-state index in [0.29, 0.717) is 24.4 Å². The van der Waals surface area contributed by atoms with Crippen LogP contribution in [0, 0.1) is 6.92 Å². The first-order valence-electron chi connectivity index (χ1n) is 6.39. The molecule has 2 rings (SSSR count). The van der Waals surface area contributed by atoms with Gasteiger partial charge in [-0.3, -0.25) is 0 Å². The summed E-state index contributed by atoms with van der Waals surface area (Å²) in [5.74, 6) is 1.18. The quantitative estimate of drug-likeness (QED) is 0.866. The molecule has 0 fully saturated rings. The molecule has 0 aliphatic rings. The van der Waals surface area contributed by atoms with E-state index in [4.69, 9.17) is 9.26 Å². The Morgan fingerprint density at radius 3 is 2.89 bits per heavy atom. The third-order valence-electron chi connectivity index (χ3n) is 2.88. The highest BCUT2D eigenvalue weighted by Gasteiger charge is 2.09. The molecule has 0 unspecified atom stereocenters. The van der Waals surface area contributed by atoms with Crippen molar-refractivity contribution in [1.82, 2.24) is 10.1 Å². The average Bonchev–Trinajstić information content (AvgIpc) is 2.85. The predicted octanol–water partition coefficient (Wildman–Crippen LogP) is 2.88. The number of ether oxygens (including phenoxy) is 1. The Labute approximate surface area is 113 Å². The van der Waals surface area contributed by atoms with E-state index in [0.717, 1.165) is 17.7 Å². The fourth-order valence-electron chi connectivity index (χ4n) is 1.86. The molecule has 2 aromatic rings. The second-order valence-corrected chi connectivity index (χ2v) is 4.42. The first kappa shape index (κ1) is 13.5. The molecule has 0 bridgehead atoms. The summed E-state index contributed by atoms with van der Waals surface area (Å²) in [5, 5.41) is 7.36. The summed E-state index contributed by atoms with van der Waals surface area (Å²) in [4.78, 5) is 4.23. The monoisotopic (exact) mass is 261 g/mol. The SMILES string of the molecule is CC[C@@H](COC)Nc1cccc(-c2noc(C)n2)c1. The topological polar surface area (TPSA) is 60.2 Å². The number of nitrogens with one attached hydrogen (secondary N) is 1. The zero-order chi connectivity index (χ0) is 13.7. The largest absolute Gasteiger partial charge is 0.383 e. The van der Waals surface area contributed by atoms with E-state index < -0.39 is 0 Å². The van der Waals surface area contributed by atoms with Crippen molar-refractivity contribution in [2.45, 2.75) is 26.3 Å². The summed E-state index contributed by atoms with van der Waals surface area (Å²) < 4.78 is 10.2. The van der Waals surface area contributed by atoms with E-state index in [1.54, 1.807) is 14.0 Å². The third kappa shape index (κ3) is 3.54. The Kier molecular flexibility index (Phi) is 4.52. The Hall–Kier alpha value is -1.88. The number of aromatic nitrogens is 2. The molecule has 5 nitrogen and oxygen atoms in total. The van der Waals surface area contributed by atoms with Crippen molar-refractivity contribution < 1.29 is 9.26 Å². The van der Waals surface area contributed by atoms with Crippen molar-refractivity contribution >= 4 is 5.69 Å². The van der Waals surface area contributed by atoms with Gasteiger partial charge in [-0.05, 0) is 18.6 Å². The molecule has 19 heavy (non-hydrogen) atoms. The van der Waals surface area contributed by atoms with E-state index in [1.807, 2.05) is 24.3 Å². The Bertz CT molecular complexity index is 525. The van der Waals surface area contributed by atoms with E-state index in [-0.39, 0.29) is 0 Å². The van der Waals surface area contributed by atoms with Crippen molar-refractivity contribution in [3.63, 3.8) is 0 Å². The molecule has 102 valence electrons. The Morgan fingerprint density at radius 1 is 1.42 bits per heavy atom. The Morgan fingerprint density at radius 2 is 2.26 bits per heavy atom. The second-order valence-electron chi connectivity index (χ2n) is 4.42. The maximum atomic E-state index is 5.18. The summed E-state index contributed by atoms with van der Waals surface area (Å²) in [6.07, 6.45) is 0.999. The molecular formula is C14H19N3O2. The average molecular weight is 261 g/mol. The molecule has 5 heteroatoms. The molecule has 0 spiro atoms. The van der Waals surface area contributed by atoms with E-state index >= 15 is 0 Å². The number of hydrogen-bond acceptors (Lipinski definition) is 5. The summed E-state index contributed by atoms with van der Waals surface area (Å²) >= 11 is 0. The van der Waals surface area contributed by atoms with Crippen LogP contribution in [0.15, 0.2) is 28.8 Å². The molecule has 0 saturated heterocycles. The highest BCUT2D eigenvalue weighted by Crippen LogP contribution is 2.20. The number of aryl methyl sites for hydroxylation is 1. The molecule has 0 radical (unpaired) electrons. The van der Waals surface area contributed by atoms with Crippen LogP contribution in [0.2, 0.25) is 0 Å². The number of anilines is 1. The van der Waals surface area contributed by atoms with Crippen LogP contribution in [-0.4, -0.2) is 29.9 Å². The molecule has 1 aromatic heterocycles. The number of rotatable bonds is 6. The van der Waals surface area contributed by atoms with Crippen molar-refractivity contribution in [3.8, 4) is 11.4 Å². The number of nitrogens with zero attached hydrogens (tertiary/aromatic N) is 2. The molecule has 0 amide bonds. The van der Waals surface area contributed by atoms with Gasteiger partial charge in [0.2, 0.25) is 11.7 Å². The summed E-state index contributed by atoms with van der Waals surface area (Å²) in [6, 6.07) is 8.28. The van der Waals surface area contributed by atoms with Crippen molar-refractivity contribution in [2.75, 3.05) is 19.0 Å². The van der Waals surface area contributed by atoms with Gasteiger partial charge in [-0.2, -0.15) is 4.98 Å². The van der Waals surface area contributed by atoms with Gasteiger partial charge in [-0.15, -0.1) is 0 Å². The van der Waals surface area contributed by atoms with Crippen LogP contribution in [0.3, 0.4) is 0 Å². The minimum Gasteiger partial charge on any atom is -0.383 e. The van der Waals surface area contributed by atoms with Crippen LogP contribution in [0.25, 0.3) is 11.4 Å². The molecular weight excluding hydrogens is 242 g/mol. The second kappa shape index (κ2) is 6.33. The van der Waals surface area contributed by atoms with Gasteiger partial charge in [-0.25, -0.2) is 0 Å². The molecule has 1 aromatic carbocycles. The predicted molar refractivity (Wildman–Crippen MR) is 74.0 cm³/mol. The lowest BCUT2D eigenvalue weighted by molar-refractivity contribution is 0.184. The molecule has 0 saturated carbocycles. The minimum absolute atomic E-state index is 0.298. The first-order chi connectivity index (χ1) is 9.22.